The molecule has 2 aromatic rings. The minimum absolute atomic E-state index is 0.865. The number of rotatable bonds is 3. The number of aryl methyl sites for hydroxylation is 1. The predicted molar refractivity (Wildman–Crippen MR) is 64.2 cm³/mol. The summed E-state index contributed by atoms with van der Waals surface area (Å²) in [4.78, 5) is 0. The third kappa shape index (κ3) is 2.15. The maximum absolute atomic E-state index is 4.30. The maximum atomic E-state index is 4.30. The molecule has 4 heteroatoms. The van der Waals surface area contributed by atoms with Crippen molar-refractivity contribution in [2.45, 2.75) is 13.8 Å². The van der Waals surface area contributed by atoms with Crippen molar-refractivity contribution < 1.29 is 0 Å². The molecule has 0 saturated carbocycles. The first kappa shape index (κ1) is 10.1. The molecule has 1 N–H and O–H groups in total. The second-order valence-corrected chi connectivity index (χ2v) is 3.89. The van der Waals surface area contributed by atoms with Gasteiger partial charge in [-0.2, -0.15) is 8.75 Å². The van der Waals surface area contributed by atoms with Gasteiger partial charge in [-0.15, -0.1) is 0 Å². The predicted octanol–water partition coefficient (Wildman–Crippen LogP) is 2.95. The minimum atomic E-state index is 0.865. The second kappa shape index (κ2) is 4.40. The molecule has 0 unspecified atom stereocenters. The molecular formula is C11H13N3S. The van der Waals surface area contributed by atoms with E-state index in [0.717, 1.165) is 23.6 Å². The van der Waals surface area contributed by atoms with Crippen LogP contribution in [0.4, 0.5) is 5.82 Å². The van der Waals surface area contributed by atoms with E-state index >= 15 is 0 Å². The van der Waals surface area contributed by atoms with Gasteiger partial charge < -0.3 is 5.32 Å². The third-order valence-electron chi connectivity index (χ3n) is 2.16. The average molecular weight is 219 g/mol. The molecule has 0 aliphatic carbocycles. The molecule has 0 radical (unpaired) electrons. The summed E-state index contributed by atoms with van der Waals surface area (Å²) in [5, 5.41) is 3.21. The quantitative estimate of drug-likeness (QED) is 0.862. The van der Waals surface area contributed by atoms with Gasteiger partial charge in [0.1, 0.15) is 5.69 Å². The van der Waals surface area contributed by atoms with Crippen LogP contribution >= 0.6 is 11.7 Å². The zero-order valence-electron chi connectivity index (χ0n) is 8.82. The van der Waals surface area contributed by atoms with Crippen LogP contribution in [0.2, 0.25) is 0 Å². The van der Waals surface area contributed by atoms with Crippen LogP contribution in [0, 0.1) is 6.92 Å². The highest BCUT2D eigenvalue weighted by molar-refractivity contribution is 6.99. The molecule has 0 fully saturated rings. The fourth-order valence-electron chi connectivity index (χ4n) is 1.37. The number of anilines is 1. The van der Waals surface area contributed by atoms with Crippen LogP contribution in [0.1, 0.15) is 12.5 Å². The number of hydrogen-bond acceptors (Lipinski definition) is 4. The molecule has 0 aliphatic heterocycles. The highest BCUT2D eigenvalue weighted by Gasteiger charge is 2.08. The lowest BCUT2D eigenvalue weighted by Gasteiger charge is -2.02. The van der Waals surface area contributed by atoms with Gasteiger partial charge in [0.2, 0.25) is 0 Å². The summed E-state index contributed by atoms with van der Waals surface area (Å²) in [5.41, 5.74) is 3.32. The molecule has 1 aromatic heterocycles. The Bertz CT molecular complexity index is 433. The summed E-state index contributed by atoms with van der Waals surface area (Å²) in [5.74, 6) is 0.881. The first-order valence-electron chi connectivity index (χ1n) is 4.94. The lowest BCUT2D eigenvalue weighted by molar-refractivity contribution is 1.19. The molecule has 0 bridgehead atoms. The lowest BCUT2D eigenvalue weighted by Crippen LogP contribution is -1.98. The summed E-state index contributed by atoms with van der Waals surface area (Å²) in [6.07, 6.45) is 0. The van der Waals surface area contributed by atoms with Crippen LogP contribution in [0.15, 0.2) is 24.3 Å². The largest absolute Gasteiger partial charge is 0.368 e. The molecular weight excluding hydrogens is 206 g/mol. The Labute approximate surface area is 93.5 Å². The van der Waals surface area contributed by atoms with Crippen molar-refractivity contribution in [2.24, 2.45) is 0 Å². The Balaban J connectivity index is 2.36. The molecule has 0 saturated heterocycles. The van der Waals surface area contributed by atoms with E-state index in [0.29, 0.717) is 0 Å². The summed E-state index contributed by atoms with van der Waals surface area (Å²) >= 11 is 1.24. The van der Waals surface area contributed by atoms with Gasteiger partial charge >= 0.3 is 0 Å². The molecule has 3 nitrogen and oxygen atoms in total. The van der Waals surface area contributed by atoms with E-state index in [1.807, 2.05) is 0 Å². The normalized spacial score (nSPS) is 10.3. The van der Waals surface area contributed by atoms with Crippen molar-refractivity contribution in [1.29, 1.82) is 0 Å². The van der Waals surface area contributed by atoms with Crippen molar-refractivity contribution in [3.05, 3.63) is 29.8 Å². The summed E-state index contributed by atoms with van der Waals surface area (Å²) in [6, 6.07) is 8.33. The summed E-state index contributed by atoms with van der Waals surface area (Å²) in [6.45, 7) is 5.00. The van der Waals surface area contributed by atoms with Crippen LogP contribution in [-0.4, -0.2) is 15.3 Å². The van der Waals surface area contributed by atoms with Gasteiger partial charge in [0.05, 0.1) is 11.7 Å². The highest BCUT2D eigenvalue weighted by Crippen LogP contribution is 2.25. The van der Waals surface area contributed by atoms with Crippen LogP contribution in [0.25, 0.3) is 11.3 Å². The van der Waals surface area contributed by atoms with Crippen molar-refractivity contribution in [1.82, 2.24) is 8.75 Å². The monoisotopic (exact) mass is 219 g/mol. The Kier molecular flexibility index (Phi) is 2.97. The summed E-state index contributed by atoms with van der Waals surface area (Å²) in [7, 11) is 0. The van der Waals surface area contributed by atoms with E-state index in [1.54, 1.807) is 0 Å². The van der Waals surface area contributed by atoms with Gasteiger partial charge in [0.25, 0.3) is 0 Å². The molecule has 78 valence electrons. The van der Waals surface area contributed by atoms with Crippen LogP contribution in [-0.2, 0) is 0 Å². The Hall–Kier alpha value is -1.42. The van der Waals surface area contributed by atoms with Gasteiger partial charge in [-0.1, -0.05) is 29.8 Å². The Morgan fingerprint density at radius 3 is 2.60 bits per heavy atom. The first-order chi connectivity index (χ1) is 7.31. The topological polar surface area (TPSA) is 37.8 Å². The Morgan fingerprint density at radius 2 is 1.93 bits per heavy atom. The van der Waals surface area contributed by atoms with E-state index < -0.39 is 0 Å². The van der Waals surface area contributed by atoms with Crippen LogP contribution in [0.3, 0.4) is 0 Å². The summed E-state index contributed by atoms with van der Waals surface area (Å²) < 4.78 is 8.53. The molecule has 15 heavy (non-hydrogen) atoms. The molecule has 0 atom stereocenters. The van der Waals surface area contributed by atoms with Crippen molar-refractivity contribution in [2.75, 3.05) is 11.9 Å². The minimum Gasteiger partial charge on any atom is -0.368 e. The Morgan fingerprint density at radius 1 is 1.20 bits per heavy atom. The fraction of sp³-hybridized carbons (Fsp3) is 0.273. The van der Waals surface area contributed by atoms with Gasteiger partial charge in [-0.25, -0.2) is 0 Å². The first-order valence-corrected chi connectivity index (χ1v) is 5.67. The maximum Gasteiger partial charge on any atom is 0.168 e. The molecule has 0 amide bonds. The van der Waals surface area contributed by atoms with Gasteiger partial charge in [-0.05, 0) is 13.8 Å². The fourth-order valence-corrected chi connectivity index (χ4v) is 1.92. The number of benzene rings is 1. The smallest absolute Gasteiger partial charge is 0.168 e. The van der Waals surface area contributed by atoms with E-state index in [9.17, 15) is 0 Å². The van der Waals surface area contributed by atoms with E-state index in [1.165, 1.54) is 17.3 Å². The van der Waals surface area contributed by atoms with Crippen molar-refractivity contribution >= 4 is 17.5 Å². The van der Waals surface area contributed by atoms with Gasteiger partial charge in [0, 0.05) is 12.1 Å². The lowest BCUT2D eigenvalue weighted by atomic mass is 10.1. The van der Waals surface area contributed by atoms with Crippen LogP contribution < -0.4 is 5.32 Å². The molecule has 1 aromatic carbocycles. The number of nitrogens with zero attached hydrogens (tertiary/aromatic N) is 2. The van der Waals surface area contributed by atoms with E-state index in [4.69, 9.17) is 0 Å². The molecule has 1 heterocycles. The zero-order valence-corrected chi connectivity index (χ0v) is 9.64. The molecule has 2 rings (SSSR count). The standard InChI is InChI=1S/C11H13N3S/c1-3-12-11-10(13-15-14-11)9-6-4-8(2)5-7-9/h4-7H,3H2,1-2H3,(H,12,14). The number of nitrogens with one attached hydrogen (secondary N) is 1. The van der Waals surface area contributed by atoms with Gasteiger partial charge in [-0.3, -0.25) is 0 Å². The highest BCUT2D eigenvalue weighted by atomic mass is 32.1. The van der Waals surface area contributed by atoms with Crippen molar-refractivity contribution in [3.63, 3.8) is 0 Å². The van der Waals surface area contributed by atoms with Gasteiger partial charge in [0.15, 0.2) is 5.82 Å². The van der Waals surface area contributed by atoms with Crippen molar-refractivity contribution in [3.8, 4) is 11.3 Å². The third-order valence-corrected chi connectivity index (χ3v) is 2.69. The zero-order chi connectivity index (χ0) is 10.7. The van der Waals surface area contributed by atoms with Crippen LogP contribution in [0.5, 0.6) is 0 Å². The van der Waals surface area contributed by atoms with E-state index in [2.05, 4.69) is 52.2 Å². The second-order valence-electron chi connectivity index (χ2n) is 3.36. The number of aromatic nitrogens is 2. The number of hydrogen-bond donors (Lipinski definition) is 1. The molecule has 0 spiro atoms. The SMILES string of the molecule is CCNc1nsnc1-c1ccc(C)cc1. The van der Waals surface area contributed by atoms with E-state index in [-0.39, 0.29) is 0 Å². The average Bonchev–Trinajstić information content (AvgIpc) is 2.68. The molecule has 0 aliphatic rings.